The smallest absolute Gasteiger partial charge is 0.201 e. The van der Waals surface area contributed by atoms with E-state index in [1.807, 2.05) is 0 Å². The second-order valence-corrected chi connectivity index (χ2v) is 7.55. The van der Waals surface area contributed by atoms with Gasteiger partial charge in [-0.25, -0.2) is 4.57 Å². The van der Waals surface area contributed by atoms with Crippen molar-refractivity contribution in [1.29, 1.82) is 0 Å². The van der Waals surface area contributed by atoms with Gasteiger partial charge in [-0.05, 0) is 47.4 Å². The minimum absolute atomic E-state index is 0.176. The molecular weight excluding hydrogens is 266 g/mol. The molecule has 0 N–H and O–H groups in total. The first-order valence-electron chi connectivity index (χ1n) is 8.35. The van der Waals surface area contributed by atoms with Gasteiger partial charge in [0.15, 0.2) is 6.20 Å². The number of benzene rings is 1. The first-order valence-corrected chi connectivity index (χ1v) is 8.35. The van der Waals surface area contributed by atoms with Crippen molar-refractivity contribution in [2.45, 2.75) is 59.3 Å². The molecule has 2 rings (SSSR count). The van der Waals surface area contributed by atoms with Crippen molar-refractivity contribution in [3.63, 3.8) is 0 Å². The fraction of sp³-hybridized carbons (Fsp3) is 0.476. The molecule has 1 heteroatoms. The number of aryl methyl sites for hydroxylation is 2. The second-order valence-electron chi connectivity index (χ2n) is 7.55. The summed E-state index contributed by atoms with van der Waals surface area (Å²) in [5.74, 6) is 0.603. The lowest BCUT2D eigenvalue weighted by molar-refractivity contribution is -0.660. The summed E-state index contributed by atoms with van der Waals surface area (Å²) in [6.07, 6.45) is 3.37. The number of hydrogen-bond acceptors (Lipinski definition) is 0. The molecule has 118 valence electrons. The lowest BCUT2D eigenvalue weighted by atomic mass is 9.84. The molecule has 0 amide bonds. The summed E-state index contributed by atoms with van der Waals surface area (Å²) in [5, 5.41) is 0. The van der Waals surface area contributed by atoms with E-state index in [1.54, 1.807) is 0 Å². The summed E-state index contributed by atoms with van der Waals surface area (Å²) in [4.78, 5) is 0. The maximum absolute atomic E-state index is 2.37. The molecule has 0 bridgehead atoms. The Hall–Kier alpha value is -1.63. The van der Waals surface area contributed by atoms with Crippen molar-refractivity contribution in [3.05, 3.63) is 53.2 Å². The van der Waals surface area contributed by atoms with Gasteiger partial charge in [0.05, 0.1) is 0 Å². The molecule has 22 heavy (non-hydrogen) atoms. The van der Waals surface area contributed by atoms with Gasteiger partial charge in [0.2, 0.25) is 5.69 Å². The van der Waals surface area contributed by atoms with Crippen LogP contribution in [0.5, 0.6) is 0 Å². The van der Waals surface area contributed by atoms with Crippen LogP contribution in [-0.4, -0.2) is 0 Å². The van der Waals surface area contributed by atoms with Crippen molar-refractivity contribution < 1.29 is 4.57 Å². The predicted octanol–water partition coefficient (Wildman–Crippen LogP) is 5.30. The average molecular weight is 296 g/mol. The minimum atomic E-state index is 0.176. The van der Waals surface area contributed by atoms with Crippen molar-refractivity contribution in [3.8, 4) is 11.3 Å². The van der Waals surface area contributed by atoms with E-state index in [-0.39, 0.29) is 5.41 Å². The van der Waals surface area contributed by atoms with Crippen molar-refractivity contribution >= 4 is 0 Å². The number of pyridine rings is 1. The first-order chi connectivity index (χ1) is 10.2. The third-order valence-corrected chi connectivity index (χ3v) is 4.73. The van der Waals surface area contributed by atoms with E-state index in [9.17, 15) is 0 Å². The summed E-state index contributed by atoms with van der Waals surface area (Å²) in [5.41, 5.74) is 6.99. The molecule has 1 nitrogen and oxygen atoms in total. The van der Waals surface area contributed by atoms with Crippen LogP contribution in [0.15, 0.2) is 36.5 Å². The second kappa shape index (κ2) is 6.24. The third kappa shape index (κ3) is 3.40. The Bertz CT molecular complexity index is 662. The standard InChI is InChI=1S/C21H30N/c1-8-15(2)17-11-12-22(7)20(13-17)19-14-18(21(4,5)6)10-9-16(19)3/h9-15H,8H2,1-7H3/q+1. The van der Waals surface area contributed by atoms with Crippen molar-refractivity contribution in [1.82, 2.24) is 0 Å². The summed E-state index contributed by atoms with van der Waals surface area (Å²) >= 11 is 0. The average Bonchev–Trinajstić information content (AvgIpc) is 2.46. The highest BCUT2D eigenvalue weighted by Crippen LogP contribution is 2.30. The minimum Gasteiger partial charge on any atom is -0.201 e. The molecule has 1 aromatic carbocycles. The SMILES string of the molecule is CCC(C)c1cc[n+](C)c(-c2cc(C(C)(C)C)ccc2C)c1. The molecule has 1 unspecified atom stereocenters. The van der Waals surface area contributed by atoms with E-state index in [0.717, 1.165) is 0 Å². The highest BCUT2D eigenvalue weighted by atomic mass is 14.9. The Kier molecular flexibility index (Phi) is 4.75. The molecule has 0 fully saturated rings. The van der Waals surface area contributed by atoms with Gasteiger partial charge in [-0.3, -0.25) is 0 Å². The van der Waals surface area contributed by atoms with E-state index in [1.165, 1.54) is 34.4 Å². The molecule has 0 aliphatic heterocycles. The maximum Gasteiger partial charge on any atom is 0.212 e. The van der Waals surface area contributed by atoms with E-state index in [4.69, 9.17) is 0 Å². The van der Waals surface area contributed by atoms with Crippen LogP contribution in [0.2, 0.25) is 0 Å². The van der Waals surface area contributed by atoms with Crippen LogP contribution < -0.4 is 4.57 Å². The summed E-state index contributed by atoms with van der Waals surface area (Å²) in [7, 11) is 2.14. The van der Waals surface area contributed by atoms with Gasteiger partial charge in [0.1, 0.15) is 7.05 Å². The molecule has 0 spiro atoms. The lowest BCUT2D eigenvalue weighted by Gasteiger charge is -2.20. The zero-order valence-corrected chi connectivity index (χ0v) is 15.2. The zero-order chi connectivity index (χ0) is 16.5. The number of aromatic nitrogens is 1. The van der Waals surface area contributed by atoms with Gasteiger partial charge in [-0.1, -0.05) is 46.8 Å². The predicted molar refractivity (Wildman–Crippen MR) is 95.2 cm³/mol. The quantitative estimate of drug-likeness (QED) is 0.677. The monoisotopic (exact) mass is 296 g/mol. The van der Waals surface area contributed by atoms with E-state index < -0.39 is 0 Å². The highest BCUT2D eigenvalue weighted by molar-refractivity contribution is 5.63. The summed E-state index contributed by atoms with van der Waals surface area (Å²) in [6.45, 7) is 13.6. The molecule has 0 aliphatic rings. The number of nitrogens with zero attached hydrogens (tertiary/aromatic N) is 1. The first kappa shape index (κ1) is 16.7. The van der Waals surface area contributed by atoms with Crippen LogP contribution in [0.1, 0.15) is 63.6 Å². The lowest BCUT2D eigenvalue weighted by Crippen LogP contribution is -2.31. The highest BCUT2D eigenvalue weighted by Gasteiger charge is 2.19. The van der Waals surface area contributed by atoms with Crippen molar-refractivity contribution in [2.75, 3.05) is 0 Å². The molecule has 1 aromatic heterocycles. The molecular formula is C21H30N+. The summed E-state index contributed by atoms with van der Waals surface area (Å²) < 4.78 is 2.24. The van der Waals surface area contributed by atoms with Gasteiger partial charge in [-0.15, -0.1) is 0 Å². The van der Waals surface area contributed by atoms with Gasteiger partial charge < -0.3 is 0 Å². The van der Waals surface area contributed by atoms with Crippen LogP contribution in [0.25, 0.3) is 11.3 Å². The van der Waals surface area contributed by atoms with Crippen LogP contribution in [0, 0.1) is 6.92 Å². The Labute approximate surface area is 136 Å². The van der Waals surface area contributed by atoms with Gasteiger partial charge in [0.25, 0.3) is 0 Å². The van der Waals surface area contributed by atoms with Crippen LogP contribution >= 0.6 is 0 Å². The topological polar surface area (TPSA) is 3.88 Å². The molecule has 1 heterocycles. The van der Waals surface area contributed by atoms with Gasteiger partial charge >= 0.3 is 0 Å². The van der Waals surface area contributed by atoms with Gasteiger partial charge in [0, 0.05) is 17.7 Å². The fourth-order valence-electron chi connectivity index (χ4n) is 2.76. The molecule has 0 saturated carbocycles. The molecule has 2 aromatic rings. The largest absolute Gasteiger partial charge is 0.212 e. The normalized spacial score (nSPS) is 13.2. The van der Waals surface area contributed by atoms with Crippen LogP contribution in [-0.2, 0) is 12.5 Å². The Morgan fingerprint density at radius 3 is 2.36 bits per heavy atom. The molecule has 0 saturated heterocycles. The van der Waals surface area contributed by atoms with Crippen molar-refractivity contribution in [2.24, 2.45) is 7.05 Å². The van der Waals surface area contributed by atoms with Gasteiger partial charge in [-0.2, -0.15) is 0 Å². The maximum atomic E-state index is 2.37. The van der Waals surface area contributed by atoms with E-state index in [0.29, 0.717) is 5.92 Å². The molecule has 1 atom stereocenters. The van der Waals surface area contributed by atoms with Crippen LogP contribution in [0.4, 0.5) is 0 Å². The Morgan fingerprint density at radius 1 is 1.09 bits per heavy atom. The summed E-state index contributed by atoms with van der Waals surface area (Å²) in [6, 6.07) is 11.5. The number of rotatable bonds is 3. The molecule has 0 aliphatic carbocycles. The van der Waals surface area contributed by atoms with E-state index >= 15 is 0 Å². The Balaban J connectivity index is 2.60. The third-order valence-electron chi connectivity index (χ3n) is 4.73. The number of hydrogen-bond donors (Lipinski definition) is 0. The van der Waals surface area contributed by atoms with Crippen LogP contribution in [0.3, 0.4) is 0 Å². The zero-order valence-electron chi connectivity index (χ0n) is 15.2. The Morgan fingerprint density at radius 2 is 1.77 bits per heavy atom. The molecule has 0 radical (unpaired) electrons. The fourth-order valence-corrected chi connectivity index (χ4v) is 2.76. The van der Waals surface area contributed by atoms with E-state index in [2.05, 4.69) is 89.7 Å².